The average Bonchev–Trinajstić information content (AvgIpc) is 2.62. The zero-order chi connectivity index (χ0) is 11.7. The maximum Gasteiger partial charge on any atom is 0.0702 e. The van der Waals surface area contributed by atoms with E-state index in [1.54, 1.807) is 11.3 Å². The van der Waals surface area contributed by atoms with Gasteiger partial charge in [-0.2, -0.15) is 0 Å². The van der Waals surface area contributed by atoms with E-state index in [0.717, 1.165) is 18.7 Å². The molecule has 0 saturated carbocycles. The zero-order valence-electron chi connectivity index (χ0n) is 8.08. The van der Waals surface area contributed by atoms with E-state index < -0.39 is 0 Å². The third-order valence-electron chi connectivity index (χ3n) is 2.14. The van der Waals surface area contributed by atoms with Crippen LogP contribution in [-0.4, -0.2) is 0 Å². The lowest BCUT2D eigenvalue weighted by Crippen LogP contribution is -2.10. The first-order chi connectivity index (χ1) is 7.56. The highest BCUT2D eigenvalue weighted by Gasteiger charge is 2.12. The predicted octanol–water partition coefficient (Wildman–Crippen LogP) is 4.97. The number of nitrogens with two attached hydrogens (primary N) is 1. The van der Waals surface area contributed by atoms with Crippen molar-refractivity contribution in [3.63, 3.8) is 0 Å². The molecular formula is C11H8Br2ClNS. The number of thiophene rings is 1. The highest BCUT2D eigenvalue weighted by molar-refractivity contribution is 9.11. The van der Waals surface area contributed by atoms with E-state index >= 15 is 0 Å². The summed E-state index contributed by atoms with van der Waals surface area (Å²) >= 11 is 14.5. The molecule has 1 unspecified atom stereocenters. The third-order valence-corrected chi connectivity index (χ3v) is 4.53. The van der Waals surface area contributed by atoms with Gasteiger partial charge in [-0.3, -0.25) is 0 Å². The smallest absolute Gasteiger partial charge is 0.0702 e. The molecule has 0 radical (unpaired) electrons. The Morgan fingerprint density at radius 3 is 2.50 bits per heavy atom. The molecule has 0 aliphatic rings. The molecular weight excluding hydrogens is 373 g/mol. The van der Waals surface area contributed by atoms with Crippen molar-refractivity contribution in [3.8, 4) is 0 Å². The fourth-order valence-electron chi connectivity index (χ4n) is 1.41. The molecule has 0 aliphatic carbocycles. The summed E-state index contributed by atoms with van der Waals surface area (Å²) in [5, 5.41) is 0.690. The van der Waals surface area contributed by atoms with Gasteiger partial charge in [0, 0.05) is 14.4 Å². The molecule has 1 aromatic heterocycles. The van der Waals surface area contributed by atoms with Crippen LogP contribution in [0.3, 0.4) is 0 Å². The van der Waals surface area contributed by atoms with Crippen molar-refractivity contribution < 1.29 is 0 Å². The summed E-state index contributed by atoms with van der Waals surface area (Å²) in [5.74, 6) is 0. The lowest BCUT2D eigenvalue weighted by Gasteiger charge is -2.10. The molecule has 1 aromatic carbocycles. The van der Waals surface area contributed by atoms with E-state index in [4.69, 9.17) is 17.3 Å². The molecule has 2 rings (SSSR count). The first kappa shape index (κ1) is 12.6. The highest BCUT2D eigenvalue weighted by Crippen LogP contribution is 2.32. The zero-order valence-corrected chi connectivity index (χ0v) is 12.8. The lowest BCUT2D eigenvalue weighted by atomic mass is 10.1. The van der Waals surface area contributed by atoms with Gasteiger partial charge in [0.15, 0.2) is 0 Å². The summed E-state index contributed by atoms with van der Waals surface area (Å²) in [6.07, 6.45) is 0. The molecule has 0 spiro atoms. The molecule has 0 fully saturated rings. The SMILES string of the molecule is NC(c1cc(Cl)cc(Br)c1)c1ccc(Br)s1. The van der Waals surface area contributed by atoms with Crippen molar-refractivity contribution in [3.05, 3.63) is 54.1 Å². The van der Waals surface area contributed by atoms with E-state index in [9.17, 15) is 0 Å². The van der Waals surface area contributed by atoms with Crippen molar-refractivity contribution >= 4 is 54.8 Å². The average molecular weight is 382 g/mol. The lowest BCUT2D eigenvalue weighted by molar-refractivity contribution is 0.892. The summed E-state index contributed by atoms with van der Waals surface area (Å²) in [6, 6.07) is 9.62. The number of hydrogen-bond acceptors (Lipinski definition) is 2. The molecule has 5 heteroatoms. The van der Waals surface area contributed by atoms with E-state index in [1.807, 2.05) is 30.3 Å². The van der Waals surface area contributed by atoms with Gasteiger partial charge in [-0.25, -0.2) is 0 Å². The molecule has 16 heavy (non-hydrogen) atoms. The molecule has 0 bridgehead atoms. The van der Waals surface area contributed by atoms with E-state index in [-0.39, 0.29) is 6.04 Å². The van der Waals surface area contributed by atoms with E-state index in [0.29, 0.717) is 5.02 Å². The molecule has 0 amide bonds. The number of rotatable bonds is 2. The molecule has 2 aromatic rings. The van der Waals surface area contributed by atoms with Gasteiger partial charge >= 0.3 is 0 Å². The van der Waals surface area contributed by atoms with Gasteiger partial charge in [0.2, 0.25) is 0 Å². The Bertz CT molecular complexity index is 492. The van der Waals surface area contributed by atoms with Gasteiger partial charge in [0.1, 0.15) is 0 Å². The van der Waals surface area contributed by atoms with Gasteiger partial charge in [-0.1, -0.05) is 27.5 Å². The van der Waals surface area contributed by atoms with Crippen molar-refractivity contribution in [2.45, 2.75) is 6.04 Å². The third kappa shape index (κ3) is 2.87. The van der Waals surface area contributed by atoms with Gasteiger partial charge in [-0.05, 0) is 51.8 Å². The number of hydrogen-bond donors (Lipinski definition) is 1. The van der Waals surface area contributed by atoms with Crippen LogP contribution in [0, 0.1) is 0 Å². The van der Waals surface area contributed by atoms with Gasteiger partial charge in [0.05, 0.1) is 9.83 Å². The first-order valence-electron chi connectivity index (χ1n) is 4.53. The molecule has 84 valence electrons. The van der Waals surface area contributed by atoms with Crippen LogP contribution in [0.5, 0.6) is 0 Å². The van der Waals surface area contributed by atoms with E-state index in [2.05, 4.69) is 31.9 Å². The second-order valence-electron chi connectivity index (χ2n) is 3.32. The fraction of sp³-hybridized carbons (Fsp3) is 0.0909. The van der Waals surface area contributed by atoms with Crippen LogP contribution in [0.25, 0.3) is 0 Å². The topological polar surface area (TPSA) is 26.0 Å². The minimum atomic E-state index is -0.133. The minimum absolute atomic E-state index is 0.133. The van der Waals surface area contributed by atoms with Crippen molar-refractivity contribution in [2.24, 2.45) is 5.73 Å². The van der Waals surface area contributed by atoms with Crippen LogP contribution in [0.15, 0.2) is 38.6 Å². The summed E-state index contributed by atoms with van der Waals surface area (Å²) in [4.78, 5) is 1.11. The van der Waals surface area contributed by atoms with Crippen LogP contribution in [0.2, 0.25) is 5.02 Å². The van der Waals surface area contributed by atoms with Crippen LogP contribution in [0.1, 0.15) is 16.5 Å². The molecule has 1 atom stereocenters. The largest absolute Gasteiger partial charge is 0.320 e. The second kappa shape index (κ2) is 5.19. The van der Waals surface area contributed by atoms with Gasteiger partial charge in [0.25, 0.3) is 0 Å². The van der Waals surface area contributed by atoms with Crippen molar-refractivity contribution in [1.82, 2.24) is 0 Å². The van der Waals surface area contributed by atoms with E-state index in [1.165, 1.54) is 0 Å². The standard InChI is InChI=1S/C11H8Br2ClNS/c12-7-3-6(4-8(14)5-7)11(15)9-1-2-10(13)16-9/h1-5,11H,15H2. The predicted molar refractivity (Wildman–Crippen MR) is 77.2 cm³/mol. The van der Waals surface area contributed by atoms with Crippen LogP contribution >= 0.6 is 54.8 Å². The first-order valence-corrected chi connectivity index (χ1v) is 7.31. The second-order valence-corrected chi connectivity index (χ2v) is 7.17. The van der Waals surface area contributed by atoms with Crippen LogP contribution in [-0.2, 0) is 0 Å². The fourth-order valence-corrected chi connectivity index (χ4v) is 3.75. The minimum Gasteiger partial charge on any atom is -0.320 e. The quantitative estimate of drug-likeness (QED) is 0.780. The van der Waals surface area contributed by atoms with Gasteiger partial charge in [-0.15, -0.1) is 11.3 Å². The Labute approximate surface area is 120 Å². The Balaban J connectivity index is 2.37. The summed E-state index contributed by atoms with van der Waals surface area (Å²) in [7, 11) is 0. The molecule has 1 nitrogen and oxygen atoms in total. The van der Waals surface area contributed by atoms with Crippen molar-refractivity contribution in [1.29, 1.82) is 0 Å². The monoisotopic (exact) mass is 379 g/mol. The molecule has 0 saturated heterocycles. The highest BCUT2D eigenvalue weighted by atomic mass is 79.9. The maximum atomic E-state index is 6.18. The molecule has 2 N–H and O–H groups in total. The summed E-state index contributed by atoms with van der Waals surface area (Å²) in [5.41, 5.74) is 7.19. The Morgan fingerprint density at radius 1 is 1.19 bits per heavy atom. The normalized spacial score (nSPS) is 12.8. The summed E-state index contributed by atoms with van der Waals surface area (Å²) in [6.45, 7) is 0. The number of halogens is 3. The van der Waals surface area contributed by atoms with Crippen LogP contribution in [0.4, 0.5) is 0 Å². The maximum absolute atomic E-state index is 6.18. The number of benzene rings is 1. The Hall–Kier alpha value is 0.130. The Morgan fingerprint density at radius 2 is 1.94 bits per heavy atom. The molecule has 1 heterocycles. The Kier molecular flexibility index (Phi) is 4.08. The van der Waals surface area contributed by atoms with Gasteiger partial charge < -0.3 is 5.73 Å². The van der Waals surface area contributed by atoms with Crippen molar-refractivity contribution in [2.75, 3.05) is 0 Å². The summed E-state index contributed by atoms with van der Waals surface area (Å²) < 4.78 is 2.03. The molecule has 0 aliphatic heterocycles. The van der Waals surface area contributed by atoms with Crippen LogP contribution < -0.4 is 5.73 Å².